The number of carboxylic acid groups (broad SMARTS) is 1. The van der Waals surface area contributed by atoms with Crippen LogP contribution >= 0.6 is 0 Å². The molecule has 2 aliphatic rings. The first-order valence-corrected chi connectivity index (χ1v) is 6.61. The first-order chi connectivity index (χ1) is 10.5. The van der Waals surface area contributed by atoms with Gasteiger partial charge in [-0.2, -0.15) is 0 Å². The fraction of sp³-hybridized carbons (Fsp3) is 0.385. The Morgan fingerprint density at radius 3 is 2.64 bits per heavy atom. The maximum atomic E-state index is 12.5. The Kier molecular flexibility index (Phi) is 3.32. The summed E-state index contributed by atoms with van der Waals surface area (Å²) in [7, 11) is 0. The molecular formula is C13H12N2O7. The fourth-order valence-electron chi connectivity index (χ4n) is 2.67. The third-order valence-corrected chi connectivity index (χ3v) is 3.72. The van der Waals surface area contributed by atoms with Crippen LogP contribution in [-0.4, -0.2) is 46.2 Å². The number of amides is 1. The molecule has 2 heterocycles. The summed E-state index contributed by atoms with van der Waals surface area (Å²) in [5, 5.41) is 20.3. The van der Waals surface area contributed by atoms with Crippen LogP contribution in [0.4, 0.5) is 5.69 Å². The average Bonchev–Trinajstić information content (AvgIpc) is 3.13. The number of benzene rings is 1. The lowest BCUT2D eigenvalue weighted by molar-refractivity contribution is -0.385. The number of fused-ring (bicyclic) bond motifs is 1. The predicted octanol–water partition coefficient (Wildman–Crippen LogP) is 1.01. The summed E-state index contributed by atoms with van der Waals surface area (Å²) in [5.74, 6) is -1.37. The lowest BCUT2D eigenvalue weighted by Gasteiger charge is -2.21. The van der Waals surface area contributed by atoms with Crippen LogP contribution in [0.5, 0.6) is 11.5 Å². The second-order valence-corrected chi connectivity index (χ2v) is 4.97. The summed E-state index contributed by atoms with van der Waals surface area (Å²) < 4.78 is 10.2. The number of carboxylic acids is 1. The monoisotopic (exact) mass is 308 g/mol. The minimum Gasteiger partial charge on any atom is -0.480 e. The molecule has 0 bridgehead atoms. The van der Waals surface area contributed by atoms with Gasteiger partial charge in [0.25, 0.3) is 11.6 Å². The number of carbonyl (C=O) groups is 2. The van der Waals surface area contributed by atoms with Gasteiger partial charge in [0.05, 0.1) is 11.0 Å². The number of nitro benzene ring substituents is 1. The zero-order chi connectivity index (χ0) is 15.9. The van der Waals surface area contributed by atoms with E-state index in [1.165, 1.54) is 6.07 Å². The molecule has 9 heteroatoms. The number of nitro groups is 1. The van der Waals surface area contributed by atoms with E-state index < -0.39 is 28.5 Å². The standard InChI is InChI=1S/C13H12N2O7/c16-12(14-3-1-2-8(14)13(17)18)7-4-10-11(22-6-21-10)5-9(7)15(19)20/h4-5,8H,1-3,6H2,(H,17,18). The van der Waals surface area contributed by atoms with E-state index in [1.807, 2.05) is 0 Å². The van der Waals surface area contributed by atoms with Gasteiger partial charge in [0, 0.05) is 12.6 Å². The average molecular weight is 308 g/mol. The molecule has 9 nitrogen and oxygen atoms in total. The lowest BCUT2D eigenvalue weighted by atomic mass is 10.1. The Hall–Kier alpha value is -2.84. The summed E-state index contributed by atoms with van der Waals surface area (Å²) in [6.07, 6.45) is 0.875. The first kappa shape index (κ1) is 14.1. The summed E-state index contributed by atoms with van der Waals surface area (Å²) in [6.45, 7) is 0.174. The molecule has 22 heavy (non-hydrogen) atoms. The molecule has 0 radical (unpaired) electrons. The molecule has 3 rings (SSSR count). The van der Waals surface area contributed by atoms with Crippen LogP contribution in [0.3, 0.4) is 0 Å². The van der Waals surface area contributed by atoms with Crippen molar-refractivity contribution in [1.29, 1.82) is 0 Å². The predicted molar refractivity (Wildman–Crippen MR) is 70.9 cm³/mol. The molecule has 1 saturated heterocycles. The van der Waals surface area contributed by atoms with Crippen LogP contribution in [0.25, 0.3) is 0 Å². The summed E-state index contributed by atoms with van der Waals surface area (Å²) >= 11 is 0. The number of hydrogen-bond acceptors (Lipinski definition) is 6. The second-order valence-electron chi connectivity index (χ2n) is 4.97. The zero-order valence-electron chi connectivity index (χ0n) is 11.4. The van der Waals surface area contributed by atoms with E-state index in [0.29, 0.717) is 12.8 Å². The highest BCUT2D eigenvalue weighted by Gasteiger charge is 2.38. The molecule has 1 unspecified atom stereocenters. The zero-order valence-corrected chi connectivity index (χ0v) is 11.4. The van der Waals surface area contributed by atoms with E-state index in [2.05, 4.69) is 0 Å². The van der Waals surface area contributed by atoms with E-state index in [0.717, 1.165) is 11.0 Å². The van der Waals surface area contributed by atoms with Crippen molar-refractivity contribution in [3.8, 4) is 11.5 Å². The van der Waals surface area contributed by atoms with Crippen molar-refractivity contribution in [3.05, 3.63) is 27.8 Å². The van der Waals surface area contributed by atoms with Gasteiger partial charge in [-0.25, -0.2) is 4.79 Å². The van der Waals surface area contributed by atoms with E-state index in [1.54, 1.807) is 0 Å². The number of carbonyl (C=O) groups excluding carboxylic acids is 1. The van der Waals surface area contributed by atoms with E-state index in [-0.39, 0.29) is 30.4 Å². The van der Waals surface area contributed by atoms with E-state index in [9.17, 15) is 19.7 Å². The molecule has 1 fully saturated rings. The van der Waals surface area contributed by atoms with Crippen molar-refractivity contribution in [3.63, 3.8) is 0 Å². The summed E-state index contributed by atoms with van der Waals surface area (Å²) in [4.78, 5) is 35.4. The molecule has 0 aromatic heterocycles. The van der Waals surface area contributed by atoms with Gasteiger partial charge < -0.3 is 19.5 Å². The summed E-state index contributed by atoms with van der Waals surface area (Å²) in [5.41, 5.74) is -0.618. The van der Waals surface area contributed by atoms with E-state index >= 15 is 0 Å². The van der Waals surface area contributed by atoms with Crippen LogP contribution in [0.15, 0.2) is 12.1 Å². The third-order valence-electron chi connectivity index (χ3n) is 3.72. The van der Waals surface area contributed by atoms with Crippen molar-refractivity contribution < 1.29 is 29.1 Å². The molecule has 0 saturated carbocycles. The van der Waals surface area contributed by atoms with Gasteiger partial charge in [-0.15, -0.1) is 0 Å². The van der Waals surface area contributed by atoms with Crippen LogP contribution in [0.1, 0.15) is 23.2 Å². The largest absolute Gasteiger partial charge is 0.480 e. The van der Waals surface area contributed by atoms with Gasteiger partial charge in [0.2, 0.25) is 6.79 Å². The van der Waals surface area contributed by atoms with Crippen LogP contribution < -0.4 is 9.47 Å². The maximum absolute atomic E-state index is 12.5. The highest BCUT2D eigenvalue weighted by atomic mass is 16.7. The maximum Gasteiger partial charge on any atom is 0.326 e. The lowest BCUT2D eigenvalue weighted by Crippen LogP contribution is -2.40. The highest BCUT2D eigenvalue weighted by molar-refractivity contribution is 6.01. The van der Waals surface area contributed by atoms with Gasteiger partial charge in [-0.1, -0.05) is 0 Å². The molecule has 1 atom stereocenters. The van der Waals surface area contributed by atoms with Crippen molar-refractivity contribution in [2.24, 2.45) is 0 Å². The number of ether oxygens (including phenoxy) is 2. The summed E-state index contributed by atoms with van der Waals surface area (Å²) in [6, 6.07) is 1.40. The topological polar surface area (TPSA) is 119 Å². The van der Waals surface area contributed by atoms with Gasteiger partial charge in [0.15, 0.2) is 11.5 Å². The quantitative estimate of drug-likeness (QED) is 0.653. The molecule has 0 spiro atoms. The molecule has 1 aromatic rings. The number of aliphatic carboxylic acids is 1. The van der Waals surface area contributed by atoms with Gasteiger partial charge >= 0.3 is 5.97 Å². The Morgan fingerprint density at radius 2 is 2.00 bits per heavy atom. The Labute approximate surface area is 124 Å². The number of nitrogens with zero attached hydrogens (tertiary/aromatic N) is 2. The van der Waals surface area contributed by atoms with Gasteiger partial charge in [0.1, 0.15) is 11.6 Å². The SMILES string of the molecule is O=C(O)C1CCCN1C(=O)c1cc2c(cc1[N+](=O)[O-])OCO2. The van der Waals surface area contributed by atoms with Crippen molar-refractivity contribution in [2.75, 3.05) is 13.3 Å². The van der Waals surface area contributed by atoms with Gasteiger partial charge in [-0.05, 0) is 12.8 Å². The normalized spacial score (nSPS) is 19.3. The number of rotatable bonds is 3. The minimum atomic E-state index is -1.12. The van der Waals surface area contributed by atoms with Crippen molar-refractivity contribution in [1.82, 2.24) is 4.90 Å². The van der Waals surface area contributed by atoms with Gasteiger partial charge in [-0.3, -0.25) is 14.9 Å². The molecule has 0 aliphatic carbocycles. The fourth-order valence-corrected chi connectivity index (χ4v) is 2.67. The molecule has 2 aliphatic heterocycles. The van der Waals surface area contributed by atoms with Crippen molar-refractivity contribution >= 4 is 17.6 Å². The Bertz CT molecular complexity index is 673. The third kappa shape index (κ3) is 2.20. The van der Waals surface area contributed by atoms with Crippen LogP contribution in [-0.2, 0) is 4.79 Å². The Balaban J connectivity index is 2.01. The Morgan fingerprint density at radius 1 is 1.32 bits per heavy atom. The minimum absolute atomic E-state index is 0.0778. The second kappa shape index (κ2) is 5.17. The van der Waals surface area contributed by atoms with E-state index in [4.69, 9.17) is 14.6 Å². The smallest absolute Gasteiger partial charge is 0.326 e. The molecule has 1 N–H and O–H groups in total. The molecule has 1 aromatic carbocycles. The molecule has 116 valence electrons. The first-order valence-electron chi connectivity index (χ1n) is 6.61. The highest BCUT2D eigenvalue weighted by Crippen LogP contribution is 2.39. The molecule has 1 amide bonds. The van der Waals surface area contributed by atoms with Crippen LogP contribution in [0, 0.1) is 10.1 Å². The number of hydrogen-bond donors (Lipinski definition) is 1. The molecular weight excluding hydrogens is 296 g/mol. The number of likely N-dealkylation sites (tertiary alicyclic amines) is 1. The van der Waals surface area contributed by atoms with Crippen molar-refractivity contribution in [2.45, 2.75) is 18.9 Å². The van der Waals surface area contributed by atoms with Crippen LogP contribution in [0.2, 0.25) is 0 Å².